The van der Waals surface area contributed by atoms with Gasteiger partial charge in [-0.05, 0) is 11.6 Å². The van der Waals surface area contributed by atoms with Gasteiger partial charge in [-0.1, -0.05) is 6.07 Å². The van der Waals surface area contributed by atoms with Gasteiger partial charge in [0.2, 0.25) is 0 Å². The Morgan fingerprint density at radius 2 is 2.60 bits per heavy atom. The lowest BCUT2D eigenvalue weighted by Gasteiger charge is -2.09. The van der Waals surface area contributed by atoms with Crippen LogP contribution in [-0.2, 0) is 0 Å². The molecule has 1 aromatic heterocycles. The smallest absolute Gasteiger partial charge is 0.318 e. The van der Waals surface area contributed by atoms with E-state index in [4.69, 9.17) is 5.26 Å². The van der Waals surface area contributed by atoms with Crippen molar-refractivity contribution in [3.63, 3.8) is 0 Å². The number of aromatic nitrogens is 1. The number of pyridine rings is 1. The molecule has 1 atom stereocenters. The summed E-state index contributed by atoms with van der Waals surface area (Å²) in [4.78, 5) is 16.9. The first-order chi connectivity index (χ1) is 7.31. The number of rotatable bonds is 2. The van der Waals surface area contributed by atoms with Crippen molar-refractivity contribution >= 4 is 6.03 Å². The summed E-state index contributed by atoms with van der Waals surface area (Å²) in [5.74, 6) is 0. The topological polar surface area (TPSA) is 69.0 Å². The highest BCUT2D eigenvalue weighted by atomic mass is 16.2. The molecular formula is C10H10N4O. The third-order valence-corrected chi connectivity index (χ3v) is 2.34. The summed E-state index contributed by atoms with van der Waals surface area (Å²) in [6.45, 7) is 0.653. The molecule has 1 aliphatic heterocycles. The van der Waals surface area contributed by atoms with Gasteiger partial charge in [0.05, 0.1) is 12.1 Å². The Morgan fingerprint density at radius 1 is 1.73 bits per heavy atom. The van der Waals surface area contributed by atoms with Crippen LogP contribution in [0, 0.1) is 11.3 Å². The van der Waals surface area contributed by atoms with E-state index in [0.717, 1.165) is 5.56 Å². The van der Waals surface area contributed by atoms with Crippen LogP contribution in [0.25, 0.3) is 0 Å². The number of carbonyl (C=O) groups is 1. The molecule has 0 radical (unpaired) electrons. The SMILES string of the molecule is N#CCN1CC(c2cccnc2)NC1=O. The molecule has 0 spiro atoms. The van der Waals surface area contributed by atoms with Crippen molar-refractivity contribution in [1.82, 2.24) is 15.2 Å². The Kier molecular flexibility index (Phi) is 2.50. The summed E-state index contributed by atoms with van der Waals surface area (Å²) in [5, 5.41) is 11.3. The van der Waals surface area contributed by atoms with Crippen LogP contribution in [0.4, 0.5) is 4.79 Å². The van der Waals surface area contributed by atoms with E-state index in [2.05, 4.69) is 10.3 Å². The number of hydrogen-bond donors (Lipinski definition) is 1. The molecule has 1 saturated heterocycles. The van der Waals surface area contributed by atoms with E-state index in [1.165, 1.54) is 4.90 Å². The Labute approximate surface area is 87.3 Å². The lowest BCUT2D eigenvalue weighted by Crippen LogP contribution is -2.28. The first-order valence-electron chi connectivity index (χ1n) is 4.63. The van der Waals surface area contributed by atoms with Gasteiger partial charge in [-0.15, -0.1) is 0 Å². The quantitative estimate of drug-likeness (QED) is 0.716. The molecule has 2 amide bonds. The summed E-state index contributed by atoms with van der Waals surface area (Å²) in [6.07, 6.45) is 3.41. The second-order valence-electron chi connectivity index (χ2n) is 3.33. The van der Waals surface area contributed by atoms with Gasteiger partial charge in [-0.2, -0.15) is 5.26 Å². The maximum atomic E-state index is 11.4. The standard InChI is InChI=1S/C10H10N4O/c11-3-5-14-7-9(13-10(14)15)8-2-1-4-12-6-8/h1-2,4,6,9H,5,7H2,(H,13,15). The maximum absolute atomic E-state index is 11.4. The average molecular weight is 202 g/mol. The summed E-state index contributed by atoms with van der Waals surface area (Å²) in [7, 11) is 0. The summed E-state index contributed by atoms with van der Waals surface area (Å²) < 4.78 is 0. The van der Waals surface area contributed by atoms with E-state index in [-0.39, 0.29) is 18.6 Å². The molecule has 1 fully saturated rings. The van der Waals surface area contributed by atoms with E-state index in [1.54, 1.807) is 12.4 Å². The minimum Gasteiger partial charge on any atom is -0.329 e. The number of amides is 2. The molecule has 1 aliphatic rings. The van der Waals surface area contributed by atoms with Gasteiger partial charge >= 0.3 is 6.03 Å². The first kappa shape index (κ1) is 9.46. The highest BCUT2D eigenvalue weighted by Crippen LogP contribution is 2.18. The van der Waals surface area contributed by atoms with Crippen LogP contribution in [0.2, 0.25) is 0 Å². The van der Waals surface area contributed by atoms with Crippen LogP contribution in [0.3, 0.4) is 0 Å². The highest BCUT2D eigenvalue weighted by Gasteiger charge is 2.29. The Bertz CT molecular complexity index is 398. The van der Waals surface area contributed by atoms with Crippen molar-refractivity contribution in [3.05, 3.63) is 30.1 Å². The number of nitrogens with zero attached hydrogens (tertiary/aromatic N) is 3. The van der Waals surface area contributed by atoms with E-state index in [0.29, 0.717) is 6.54 Å². The Balaban J connectivity index is 2.10. The normalized spacial score (nSPS) is 19.8. The predicted molar refractivity (Wildman–Crippen MR) is 52.7 cm³/mol. The summed E-state index contributed by atoms with van der Waals surface area (Å²) >= 11 is 0. The van der Waals surface area contributed by atoms with E-state index >= 15 is 0 Å². The number of hydrogen-bond acceptors (Lipinski definition) is 3. The monoisotopic (exact) mass is 202 g/mol. The van der Waals surface area contributed by atoms with Gasteiger partial charge in [0, 0.05) is 18.9 Å². The predicted octanol–water partition coefficient (Wildman–Crippen LogP) is 0.671. The van der Waals surface area contributed by atoms with Crippen molar-refractivity contribution < 1.29 is 4.79 Å². The molecule has 1 aromatic rings. The van der Waals surface area contributed by atoms with Crippen LogP contribution in [-0.4, -0.2) is 29.0 Å². The van der Waals surface area contributed by atoms with E-state index in [9.17, 15) is 4.79 Å². The second kappa shape index (κ2) is 3.96. The Morgan fingerprint density at radius 3 is 3.27 bits per heavy atom. The average Bonchev–Trinajstić information content (AvgIpc) is 2.63. The summed E-state index contributed by atoms with van der Waals surface area (Å²) in [5.41, 5.74) is 0.964. The van der Waals surface area contributed by atoms with E-state index in [1.807, 2.05) is 18.2 Å². The Hall–Kier alpha value is -2.09. The molecule has 1 N–H and O–H groups in total. The zero-order valence-corrected chi connectivity index (χ0v) is 8.05. The fourth-order valence-electron chi connectivity index (χ4n) is 1.58. The van der Waals surface area contributed by atoms with Gasteiger partial charge in [-0.3, -0.25) is 4.98 Å². The van der Waals surface area contributed by atoms with Crippen molar-refractivity contribution in [1.29, 1.82) is 5.26 Å². The number of carbonyl (C=O) groups excluding carboxylic acids is 1. The molecule has 2 heterocycles. The van der Waals surface area contributed by atoms with Gasteiger partial charge in [0.15, 0.2) is 0 Å². The second-order valence-corrected chi connectivity index (χ2v) is 3.33. The van der Waals surface area contributed by atoms with Crippen LogP contribution in [0.5, 0.6) is 0 Å². The van der Waals surface area contributed by atoms with Crippen molar-refractivity contribution in [3.8, 4) is 6.07 Å². The van der Waals surface area contributed by atoms with Crippen LogP contribution in [0.15, 0.2) is 24.5 Å². The lowest BCUT2D eigenvalue weighted by atomic mass is 10.1. The molecule has 2 rings (SSSR count). The number of nitrogens with one attached hydrogen (secondary N) is 1. The fraction of sp³-hybridized carbons (Fsp3) is 0.300. The van der Waals surface area contributed by atoms with Gasteiger partial charge in [-0.25, -0.2) is 4.79 Å². The van der Waals surface area contributed by atoms with E-state index < -0.39 is 0 Å². The minimum absolute atomic E-state index is 0.0560. The third kappa shape index (κ3) is 1.89. The summed E-state index contributed by atoms with van der Waals surface area (Å²) in [6, 6.07) is 5.45. The molecule has 15 heavy (non-hydrogen) atoms. The molecule has 0 aliphatic carbocycles. The molecule has 1 unspecified atom stereocenters. The van der Waals surface area contributed by atoms with Crippen molar-refractivity contribution in [2.75, 3.05) is 13.1 Å². The van der Waals surface area contributed by atoms with Crippen molar-refractivity contribution in [2.45, 2.75) is 6.04 Å². The highest BCUT2D eigenvalue weighted by molar-refractivity contribution is 5.77. The largest absolute Gasteiger partial charge is 0.329 e. The van der Waals surface area contributed by atoms with Crippen LogP contribution >= 0.6 is 0 Å². The lowest BCUT2D eigenvalue weighted by molar-refractivity contribution is 0.222. The zero-order valence-electron chi connectivity index (χ0n) is 8.05. The minimum atomic E-state index is -0.189. The fourth-order valence-corrected chi connectivity index (χ4v) is 1.58. The molecule has 76 valence electrons. The van der Waals surface area contributed by atoms with Gasteiger partial charge < -0.3 is 10.2 Å². The van der Waals surface area contributed by atoms with Gasteiger partial charge in [0.1, 0.15) is 6.54 Å². The van der Waals surface area contributed by atoms with Crippen molar-refractivity contribution in [2.24, 2.45) is 0 Å². The molecule has 5 heteroatoms. The van der Waals surface area contributed by atoms with Crippen LogP contribution < -0.4 is 5.32 Å². The zero-order chi connectivity index (χ0) is 10.7. The first-order valence-corrected chi connectivity index (χ1v) is 4.63. The molecule has 0 bridgehead atoms. The molecular weight excluding hydrogens is 192 g/mol. The molecule has 5 nitrogen and oxygen atoms in total. The van der Waals surface area contributed by atoms with Crippen LogP contribution in [0.1, 0.15) is 11.6 Å². The molecule has 0 aromatic carbocycles. The number of urea groups is 1. The van der Waals surface area contributed by atoms with Gasteiger partial charge in [0.25, 0.3) is 0 Å². The maximum Gasteiger partial charge on any atom is 0.318 e. The third-order valence-electron chi connectivity index (χ3n) is 2.34. The number of nitriles is 1. The molecule has 0 saturated carbocycles.